The Morgan fingerprint density at radius 1 is 0.263 bits per heavy atom. The van der Waals surface area contributed by atoms with Crippen LogP contribution in [-0.2, 0) is 5.41 Å². The Hall–Kier alpha value is -7.02. The Labute approximate surface area is 332 Å². The Bertz CT molecular complexity index is 3490. The molecule has 0 radical (unpaired) electrons. The van der Waals surface area contributed by atoms with Crippen LogP contribution in [0.3, 0.4) is 0 Å². The number of benzene rings is 11. The standard InChI is InChI=1S/C57H38/c1-57(2)53-33-40(39-23-19-35-11-3-4-13-38(35)31-39)25-27-49(53)50-28-26-41(34-54(50)57)43-29-30-48(46-16-8-7-15-45(43)46)52-32-42-24-22-37-21-20-36-12-5-6-14-44(36)55(37)56(42)51-18-10-9-17-47(51)52/h3-34H,1-2H3. The third kappa shape index (κ3) is 4.74. The van der Waals surface area contributed by atoms with E-state index in [1.807, 2.05) is 0 Å². The van der Waals surface area contributed by atoms with E-state index in [2.05, 4.69) is 208 Å². The molecule has 1 aliphatic carbocycles. The topological polar surface area (TPSA) is 0 Å². The monoisotopic (exact) mass is 722 g/mol. The fourth-order valence-electron chi connectivity index (χ4n) is 10.2. The molecule has 1 aliphatic rings. The first kappa shape index (κ1) is 32.2. The summed E-state index contributed by atoms with van der Waals surface area (Å²) in [5, 5.41) is 15.5. The fourth-order valence-corrected chi connectivity index (χ4v) is 10.2. The first-order valence-corrected chi connectivity index (χ1v) is 20.1. The molecule has 0 saturated heterocycles. The lowest BCUT2D eigenvalue weighted by molar-refractivity contribution is 0.661. The minimum atomic E-state index is -0.136. The molecule has 0 heterocycles. The van der Waals surface area contributed by atoms with Crippen molar-refractivity contribution >= 4 is 64.6 Å². The van der Waals surface area contributed by atoms with Gasteiger partial charge < -0.3 is 0 Å². The van der Waals surface area contributed by atoms with Gasteiger partial charge in [-0.05, 0) is 145 Å². The molecule has 0 atom stereocenters. The summed E-state index contributed by atoms with van der Waals surface area (Å²) >= 11 is 0. The van der Waals surface area contributed by atoms with Crippen LogP contribution in [-0.4, -0.2) is 0 Å². The highest BCUT2D eigenvalue weighted by molar-refractivity contribution is 6.29. The van der Waals surface area contributed by atoms with Crippen molar-refractivity contribution in [3.63, 3.8) is 0 Å². The van der Waals surface area contributed by atoms with Gasteiger partial charge in [-0.2, -0.15) is 0 Å². The molecule has 0 aromatic heterocycles. The van der Waals surface area contributed by atoms with Gasteiger partial charge in [-0.1, -0.05) is 184 Å². The van der Waals surface area contributed by atoms with Gasteiger partial charge in [0.15, 0.2) is 0 Å². The van der Waals surface area contributed by atoms with Crippen molar-refractivity contribution in [2.75, 3.05) is 0 Å². The van der Waals surface area contributed by atoms with Crippen molar-refractivity contribution < 1.29 is 0 Å². The predicted octanol–water partition coefficient (Wildman–Crippen LogP) is 15.9. The number of hydrogen-bond acceptors (Lipinski definition) is 0. The van der Waals surface area contributed by atoms with E-state index in [0.717, 1.165) is 0 Å². The predicted molar refractivity (Wildman–Crippen MR) is 245 cm³/mol. The van der Waals surface area contributed by atoms with Crippen LogP contribution in [0.1, 0.15) is 25.0 Å². The average molecular weight is 723 g/mol. The fraction of sp³-hybridized carbons (Fsp3) is 0.0526. The Morgan fingerprint density at radius 2 is 0.719 bits per heavy atom. The lowest BCUT2D eigenvalue weighted by Crippen LogP contribution is -2.15. The molecule has 0 unspecified atom stereocenters. The van der Waals surface area contributed by atoms with Gasteiger partial charge in [0.1, 0.15) is 0 Å². The highest BCUT2D eigenvalue weighted by atomic mass is 14.4. The van der Waals surface area contributed by atoms with E-state index in [1.165, 1.54) is 120 Å². The van der Waals surface area contributed by atoms with Crippen LogP contribution in [0.2, 0.25) is 0 Å². The second kappa shape index (κ2) is 12.0. The van der Waals surface area contributed by atoms with Crippen molar-refractivity contribution in [1.82, 2.24) is 0 Å². The van der Waals surface area contributed by atoms with Crippen molar-refractivity contribution in [2.24, 2.45) is 0 Å². The van der Waals surface area contributed by atoms with Crippen LogP contribution in [0.25, 0.3) is 109 Å². The van der Waals surface area contributed by atoms with Crippen molar-refractivity contribution in [3.8, 4) is 44.5 Å². The molecule has 0 aliphatic heterocycles. The van der Waals surface area contributed by atoms with Crippen molar-refractivity contribution in [1.29, 1.82) is 0 Å². The van der Waals surface area contributed by atoms with Gasteiger partial charge >= 0.3 is 0 Å². The molecule has 11 aromatic carbocycles. The quantitative estimate of drug-likeness (QED) is 0.159. The summed E-state index contributed by atoms with van der Waals surface area (Å²) in [4.78, 5) is 0. The van der Waals surface area contributed by atoms with E-state index < -0.39 is 0 Å². The zero-order valence-electron chi connectivity index (χ0n) is 32.0. The maximum atomic E-state index is 2.47. The molecule has 0 spiro atoms. The van der Waals surface area contributed by atoms with Gasteiger partial charge in [-0.15, -0.1) is 0 Å². The summed E-state index contributed by atoms with van der Waals surface area (Å²) in [5.74, 6) is 0. The highest BCUT2D eigenvalue weighted by Gasteiger charge is 2.36. The van der Waals surface area contributed by atoms with Gasteiger partial charge in [-0.3, -0.25) is 0 Å². The van der Waals surface area contributed by atoms with Crippen LogP contribution in [0.4, 0.5) is 0 Å². The SMILES string of the molecule is CC1(C)c2cc(-c3ccc4ccccc4c3)ccc2-c2ccc(-c3ccc(-c4cc5ccc6ccc7ccccc7c6c5c5ccccc45)c4ccccc34)cc21. The third-order valence-corrected chi connectivity index (χ3v) is 13.0. The molecule has 0 nitrogen and oxygen atoms in total. The van der Waals surface area contributed by atoms with E-state index >= 15 is 0 Å². The minimum Gasteiger partial charge on any atom is -0.0616 e. The van der Waals surface area contributed by atoms with Crippen LogP contribution in [0, 0.1) is 0 Å². The Morgan fingerprint density at radius 3 is 1.47 bits per heavy atom. The number of hydrogen-bond donors (Lipinski definition) is 0. The largest absolute Gasteiger partial charge is 0.0616 e. The molecule has 0 fully saturated rings. The first-order valence-electron chi connectivity index (χ1n) is 20.1. The summed E-state index contributed by atoms with van der Waals surface area (Å²) in [6.07, 6.45) is 0. The summed E-state index contributed by atoms with van der Waals surface area (Å²) in [6.45, 7) is 4.79. The molecule has 0 N–H and O–H groups in total. The molecule has 266 valence electrons. The van der Waals surface area contributed by atoms with Gasteiger partial charge in [0, 0.05) is 5.41 Å². The van der Waals surface area contributed by atoms with E-state index in [4.69, 9.17) is 0 Å². The summed E-state index contributed by atoms with van der Waals surface area (Å²) in [6, 6.07) is 72.8. The smallest absolute Gasteiger partial charge is 0.0159 e. The second-order valence-electron chi connectivity index (χ2n) is 16.4. The lowest BCUT2D eigenvalue weighted by Gasteiger charge is -2.23. The summed E-state index contributed by atoms with van der Waals surface area (Å²) < 4.78 is 0. The van der Waals surface area contributed by atoms with Crippen LogP contribution in [0.5, 0.6) is 0 Å². The van der Waals surface area contributed by atoms with Gasteiger partial charge in [0.2, 0.25) is 0 Å². The maximum Gasteiger partial charge on any atom is 0.0159 e. The van der Waals surface area contributed by atoms with E-state index in [-0.39, 0.29) is 5.41 Å². The zero-order valence-corrected chi connectivity index (χ0v) is 32.0. The van der Waals surface area contributed by atoms with Crippen LogP contribution in [0.15, 0.2) is 194 Å². The zero-order chi connectivity index (χ0) is 37.8. The molecular formula is C57H38. The van der Waals surface area contributed by atoms with Crippen molar-refractivity contribution in [2.45, 2.75) is 19.3 Å². The molecule has 57 heavy (non-hydrogen) atoms. The highest BCUT2D eigenvalue weighted by Crippen LogP contribution is 2.51. The van der Waals surface area contributed by atoms with Crippen molar-refractivity contribution in [3.05, 3.63) is 205 Å². The van der Waals surface area contributed by atoms with E-state index in [1.54, 1.807) is 0 Å². The van der Waals surface area contributed by atoms with Crippen LogP contribution >= 0.6 is 0 Å². The maximum absolute atomic E-state index is 2.47. The Kier molecular flexibility index (Phi) is 6.78. The molecule has 11 aromatic rings. The Balaban J connectivity index is 0.996. The number of fused-ring (bicyclic) bond motifs is 12. The minimum absolute atomic E-state index is 0.136. The summed E-state index contributed by atoms with van der Waals surface area (Å²) in [5.41, 5.74) is 12.9. The van der Waals surface area contributed by atoms with Crippen LogP contribution < -0.4 is 0 Å². The molecule has 0 heteroatoms. The number of rotatable bonds is 3. The third-order valence-electron chi connectivity index (χ3n) is 13.0. The second-order valence-corrected chi connectivity index (χ2v) is 16.4. The first-order chi connectivity index (χ1) is 28.0. The summed E-state index contributed by atoms with van der Waals surface area (Å²) in [7, 11) is 0. The molecule has 12 rings (SSSR count). The molecule has 0 saturated carbocycles. The lowest BCUT2D eigenvalue weighted by atomic mass is 9.80. The van der Waals surface area contributed by atoms with Gasteiger partial charge in [0.05, 0.1) is 0 Å². The van der Waals surface area contributed by atoms with E-state index in [0.29, 0.717) is 0 Å². The van der Waals surface area contributed by atoms with Gasteiger partial charge in [-0.25, -0.2) is 0 Å². The molecular weight excluding hydrogens is 685 g/mol. The normalized spacial score (nSPS) is 13.2. The average Bonchev–Trinajstić information content (AvgIpc) is 3.49. The molecule has 0 bridgehead atoms. The molecule has 0 amide bonds. The van der Waals surface area contributed by atoms with E-state index in [9.17, 15) is 0 Å². The van der Waals surface area contributed by atoms with Gasteiger partial charge in [0.25, 0.3) is 0 Å².